The van der Waals surface area contributed by atoms with Crippen LogP contribution in [0.15, 0.2) is 54.6 Å². The minimum absolute atomic E-state index is 0.566. The van der Waals surface area contributed by atoms with Gasteiger partial charge in [0.2, 0.25) is 0 Å². The second-order valence-corrected chi connectivity index (χ2v) is 4.67. The molecule has 3 aromatic rings. The highest BCUT2D eigenvalue weighted by atomic mass is 35.5. The Morgan fingerprint density at radius 2 is 1.58 bits per heavy atom. The van der Waals surface area contributed by atoms with E-state index in [1.807, 2.05) is 54.6 Å². The number of rotatable bonds is 2. The van der Waals surface area contributed by atoms with Crippen LogP contribution in [0.2, 0.25) is 5.02 Å². The van der Waals surface area contributed by atoms with E-state index in [0.29, 0.717) is 10.8 Å². The summed E-state index contributed by atoms with van der Waals surface area (Å²) in [4.78, 5) is 0. The van der Waals surface area contributed by atoms with Crippen molar-refractivity contribution in [3.8, 4) is 22.4 Å². The maximum atomic E-state index is 6.00. The van der Waals surface area contributed by atoms with Crippen molar-refractivity contribution in [2.45, 2.75) is 0 Å². The number of halogens is 1. The van der Waals surface area contributed by atoms with Gasteiger partial charge in [0.05, 0.1) is 5.56 Å². The van der Waals surface area contributed by atoms with Gasteiger partial charge in [-0.3, -0.25) is 5.10 Å². The third-order valence-electron chi connectivity index (χ3n) is 2.97. The number of anilines is 1. The average Bonchev–Trinajstić information content (AvgIpc) is 2.82. The Kier molecular flexibility index (Phi) is 2.97. The van der Waals surface area contributed by atoms with Crippen molar-refractivity contribution in [3.63, 3.8) is 0 Å². The van der Waals surface area contributed by atoms with Crippen molar-refractivity contribution in [2.24, 2.45) is 0 Å². The molecule has 0 unspecified atom stereocenters. The van der Waals surface area contributed by atoms with Gasteiger partial charge in [0, 0.05) is 10.6 Å². The Morgan fingerprint density at radius 1 is 0.895 bits per heavy atom. The maximum absolute atomic E-state index is 6.00. The van der Waals surface area contributed by atoms with Crippen LogP contribution in [0.25, 0.3) is 22.4 Å². The molecule has 0 spiro atoms. The van der Waals surface area contributed by atoms with E-state index in [1.54, 1.807) is 0 Å². The number of nitrogens with zero attached hydrogens (tertiary/aromatic N) is 1. The first-order valence-electron chi connectivity index (χ1n) is 5.91. The van der Waals surface area contributed by atoms with E-state index in [-0.39, 0.29) is 0 Å². The lowest BCUT2D eigenvalue weighted by Gasteiger charge is -2.04. The van der Waals surface area contributed by atoms with Crippen LogP contribution >= 0.6 is 11.6 Å². The summed E-state index contributed by atoms with van der Waals surface area (Å²) in [5.41, 5.74) is 9.77. The predicted molar refractivity (Wildman–Crippen MR) is 78.9 cm³/mol. The van der Waals surface area contributed by atoms with E-state index in [0.717, 1.165) is 22.4 Å². The highest BCUT2D eigenvalue weighted by molar-refractivity contribution is 6.30. The molecular formula is C15H12ClN3. The van der Waals surface area contributed by atoms with Gasteiger partial charge >= 0.3 is 0 Å². The molecule has 3 N–H and O–H groups in total. The fraction of sp³-hybridized carbons (Fsp3) is 0. The summed E-state index contributed by atoms with van der Waals surface area (Å²) in [5, 5.41) is 7.84. The van der Waals surface area contributed by atoms with Crippen molar-refractivity contribution in [2.75, 3.05) is 5.73 Å². The standard InChI is InChI=1S/C15H12ClN3/c16-12-8-6-11(7-9-12)14-13(15(17)19-18-14)10-4-2-1-3-5-10/h1-9H,(H3,17,18,19). The Bertz CT molecular complexity index is 687. The van der Waals surface area contributed by atoms with Crippen molar-refractivity contribution in [1.29, 1.82) is 0 Å². The second-order valence-electron chi connectivity index (χ2n) is 4.23. The number of nitrogens with two attached hydrogens (primary N) is 1. The second kappa shape index (κ2) is 4.78. The Labute approximate surface area is 116 Å². The van der Waals surface area contributed by atoms with E-state index in [1.165, 1.54) is 0 Å². The molecule has 0 fully saturated rings. The number of H-pyrrole nitrogens is 1. The Morgan fingerprint density at radius 3 is 2.26 bits per heavy atom. The molecule has 0 radical (unpaired) electrons. The number of nitrogens with one attached hydrogen (secondary N) is 1. The molecule has 4 heteroatoms. The average molecular weight is 270 g/mol. The molecule has 0 atom stereocenters. The Balaban J connectivity index is 2.16. The molecule has 0 saturated carbocycles. The largest absolute Gasteiger partial charge is 0.384 e. The van der Waals surface area contributed by atoms with Crippen molar-refractivity contribution in [1.82, 2.24) is 10.2 Å². The van der Waals surface area contributed by atoms with Crippen LogP contribution < -0.4 is 5.73 Å². The van der Waals surface area contributed by atoms with Crippen molar-refractivity contribution < 1.29 is 0 Å². The van der Waals surface area contributed by atoms with Crippen LogP contribution in [0.4, 0.5) is 5.82 Å². The molecule has 1 aromatic heterocycles. The molecule has 3 rings (SSSR count). The predicted octanol–water partition coefficient (Wildman–Crippen LogP) is 3.98. The zero-order valence-corrected chi connectivity index (χ0v) is 10.9. The topological polar surface area (TPSA) is 54.7 Å². The van der Waals surface area contributed by atoms with Crippen LogP contribution in [0.3, 0.4) is 0 Å². The van der Waals surface area contributed by atoms with Gasteiger partial charge < -0.3 is 5.73 Å². The lowest BCUT2D eigenvalue weighted by atomic mass is 10.0. The van der Waals surface area contributed by atoms with Gasteiger partial charge in [0.1, 0.15) is 11.5 Å². The van der Waals surface area contributed by atoms with Gasteiger partial charge in [0.25, 0.3) is 0 Å². The van der Waals surface area contributed by atoms with Crippen molar-refractivity contribution in [3.05, 3.63) is 59.6 Å². The fourth-order valence-corrected chi connectivity index (χ4v) is 2.20. The third kappa shape index (κ3) is 2.20. The van der Waals surface area contributed by atoms with Crippen molar-refractivity contribution >= 4 is 17.4 Å². The molecular weight excluding hydrogens is 258 g/mol. The van der Waals surface area contributed by atoms with Gasteiger partial charge in [0.15, 0.2) is 0 Å². The Hall–Kier alpha value is -2.26. The van der Waals surface area contributed by atoms with Gasteiger partial charge in [-0.05, 0) is 17.7 Å². The van der Waals surface area contributed by atoms with Gasteiger partial charge in [-0.25, -0.2) is 0 Å². The number of hydrogen-bond donors (Lipinski definition) is 2. The molecule has 0 aliphatic heterocycles. The molecule has 0 saturated heterocycles. The van der Waals surface area contributed by atoms with Gasteiger partial charge in [-0.15, -0.1) is 0 Å². The zero-order valence-electron chi connectivity index (χ0n) is 10.1. The smallest absolute Gasteiger partial charge is 0.127 e. The zero-order chi connectivity index (χ0) is 13.2. The van der Waals surface area contributed by atoms with Crippen LogP contribution in [0.1, 0.15) is 0 Å². The molecule has 0 aliphatic rings. The summed E-state index contributed by atoms with van der Waals surface area (Å²) in [6.45, 7) is 0. The summed E-state index contributed by atoms with van der Waals surface area (Å²) >= 11 is 5.91. The van der Waals surface area contributed by atoms with E-state index < -0.39 is 0 Å². The molecule has 1 heterocycles. The quantitative estimate of drug-likeness (QED) is 0.739. The summed E-state index contributed by atoms with van der Waals surface area (Å²) < 4.78 is 0. The number of hydrogen-bond acceptors (Lipinski definition) is 2. The number of aromatic nitrogens is 2. The highest BCUT2D eigenvalue weighted by Gasteiger charge is 2.14. The first-order chi connectivity index (χ1) is 9.25. The van der Waals surface area contributed by atoms with E-state index in [4.69, 9.17) is 17.3 Å². The monoisotopic (exact) mass is 269 g/mol. The molecule has 0 bridgehead atoms. The van der Waals surface area contributed by atoms with Crippen LogP contribution in [-0.4, -0.2) is 10.2 Å². The normalized spacial score (nSPS) is 10.6. The van der Waals surface area contributed by atoms with E-state index in [9.17, 15) is 0 Å². The lowest BCUT2D eigenvalue weighted by molar-refractivity contribution is 1.10. The molecule has 0 aliphatic carbocycles. The summed E-state index contributed by atoms with van der Waals surface area (Å²) in [7, 11) is 0. The maximum Gasteiger partial charge on any atom is 0.127 e. The molecule has 19 heavy (non-hydrogen) atoms. The summed E-state index contributed by atoms with van der Waals surface area (Å²) in [6, 6.07) is 17.5. The third-order valence-corrected chi connectivity index (χ3v) is 3.23. The van der Waals surface area contributed by atoms with E-state index in [2.05, 4.69) is 10.2 Å². The molecule has 0 amide bonds. The minimum atomic E-state index is 0.566. The van der Waals surface area contributed by atoms with Gasteiger partial charge in [-0.2, -0.15) is 5.10 Å². The number of aromatic amines is 1. The van der Waals surface area contributed by atoms with Gasteiger partial charge in [-0.1, -0.05) is 54.1 Å². The van der Waals surface area contributed by atoms with Crippen LogP contribution in [0.5, 0.6) is 0 Å². The van der Waals surface area contributed by atoms with Crippen LogP contribution in [-0.2, 0) is 0 Å². The number of nitrogen functional groups attached to an aromatic ring is 1. The number of benzene rings is 2. The van der Waals surface area contributed by atoms with E-state index >= 15 is 0 Å². The lowest BCUT2D eigenvalue weighted by Crippen LogP contribution is -1.88. The summed E-state index contributed by atoms with van der Waals surface area (Å²) in [5.74, 6) is 0.566. The fourth-order valence-electron chi connectivity index (χ4n) is 2.07. The molecule has 2 aromatic carbocycles. The van der Waals surface area contributed by atoms with Crippen LogP contribution in [0, 0.1) is 0 Å². The molecule has 94 valence electrons. The first-order valence-corrected chi connectivity index (χ1v) is 6.28. The first kappa shape index (κ1) is 11.8. The highest BCUT2D eigenvalue weighted by Crippen LogP contribution is 2.34. The SMILES string of the molecule is Nc1[nH]nc(-c2ccc(Cl)cc2)c1-c1ccccc1. The summed E-state index contributed by atoms with van der Waals surface area (Å²) in [6.07, 6.45) is 0. The minimum Gasteiger partial charge on any atom is -0.384 e. The molecule has 3 nitrogen and oxygen atoms in total.